The second-order valence-corrected chi connectivity index (χ2v) is 4.39. The standard InChI is InChI=1S/C14H21F3N2/c1-3-12(14(15,16)17)6-5-7-13(4-2)19-10-8-18-9-11-19/h4,6-7,18H,2-3,5,8-11H2,1H3/b12-6+,13-7+. The molecule has 0 saturated carbocycles. The minimum atomic E-state index is -4.22. The highest BCUT2D eigenvalue weighted by Crippen LogP contribution is 2.28. The van der Waals surface area contributed by atoms with Crippen LogP contribution in [-0.4, -0.2) is 37.3 Å². The largest absolute Gasteiger partial charge is 0.412 e. The van der Waals surface area contributed by atoms with Gasteiger partial charge in [-0.15, -0.1) is 0 Å². The number of halogens is 3. The quantitative estimate of drug-likeness (QED) is 0.611. The number of allylic oxidation sites excluding steroid dienone is 4. The van der Waals surface area contributed by atoms with Gasteiger partial charge in [-0.1, -0.05) is 25.7 Å². The number of nitrogens with zero attached hydrogens (tertiary/aromatic N) is 1. The molecule has 1 aliphatic heterocycles. The molecule has 0 amide bonds. The van der Waals surface area contributed by atoms with E-state index in [4.69, 9.17) is 0 Å². The van der Waals surface area contributed by atoms with Gasteiger partial charge < -0.3 is 10.2 Å². The lowest BCUT2D eigenvalue weighted by atomic mass is 10.1. The van der Waals surface area contributed by atoms with Crippen LogP contribution in [0.5, 0.6) is 0 Å². The molecule has 0 bridgehead atoms. The van der Waals surface area contributed by atoms with Gasteiger partial charge in [-0.3, -0.25) is 0 Å². The molecule has 108 valence electrons. The average Bonchev–Trinajstić information content (AvgIpc) is 2.38. The second-order valence-electron chi connectivity index (χ2n) is 4.39. The van der Waals surface area contributed by atoms with Crippen molar-refractivity contribution in [2.75, 3.05) is 26.2 Å². The first kappa shape index (κ1) is 15.8. The molecule has 1 fully saturated rings. The van der Waals surface area contributed by atoms with Crippen LogP contribution in [0.1, 0.15) is 19.8 Å². The van der Waals surface area contributed by atoms with Crippen molar-refractivity contribution in [2.45, 2.75) is 25.9 Å². The molecule has 5 heteroatoms. The maximum atomic E-state index is 12.6. The molecule has 0 aromatic heterocycles. The molecule has 2 nitrogen and oxygen atoms in total. The summed E-state index contributed by atoms with van der Waals surface area (Å²) in [5.74, 6) is 0. The van der Waals surface area contributed by atoms with Gasteiger partial charge in [0.15, 0.2) is 0 Å². The maximum Gasteiger partial charge on any atom is 0.412 e. The van der Waals surface area contributed by atoms with Crippen molar-refractivity contribution in [3.8, 4) is 0 Å². The first-order valence-electron chi connectivity index (χ1n) is 6.53. The van der Waals surface area contributed by atoms with Crippen molar-refractivity contribution in [3.63, 3.8) is 0 Å². The van der Waals surface area contributed by atoms with Crippen LogP contribution >= 0.6 is 0 Å². The maximum absolute atomic E-state index is 12.6. The molecular weight excluding hydrogens is 253 g/mol. The van der Waals surface area contributed by atoms with Gasteiger partial charge in [-0.25, -0.2) is 0 Å². The van der Waals surface area contributed by atoms with E-state index in [1.54, 1.807) is 12.2 Å². The summed E-state index contributed by atoms with van der Waals surface area (Å²) in [5, 5.41) is 3.23. The Morgan fingerprint density at radius 2 is 1.89 bits per heavy atom. The molecule has 1 aliphatic rings. The van der Waals surface area contributed by atoms with Gasteiger partial charge in [-0.2, -0.15) is 13.2 Å². The Labute approximate surface area is 112 Å². The molecule has 0 aromatic carbocycles. The average molecular weight is 274 g/mol. The van der Waals surface area contributed by atoms with Crippen molar-refractivity contribution in [1.82, 2.24) is 10.2 Å². The zero-order valence-electron chi connectivity index (χ0n) is 11.3. The lowest BCUT2D eigenvalue weighted by molar-refractivity contribution is -0.0937. The van der Waals surface area contributed by atoms with E-state index in [9.17, 15) is 13.2 Å². The van der Waals surface area contributed by atoms with Crippen LogP contribution in [0.4, 0.5) is 13.2 Å². The fraction of sp³-hybridized carbons (Fsp3) is 0.571. The molecule has 1 rings (SSSR count). The Kier molecular flexibility index (Phi) is 6.15. The molecule has 1 saturated heterocycles. The van der Waals surface area contributed by atoms with Crippen LogP contribution in [0.15, 0.2) is 36.1 Å². The molecule has 1 heterocycles. The van der Waals surface area contributed by atoms with Crippen LogP contribution in [0.25, 0.3) is 0 Å². The van der Waals surface area contributed by atoms with E-state index >= 15 is 0 Å². The molecule has 0 spiro atoms. The van der Waals surface area contributed by atoms with Crippen molar-refractivity contribution in [1.29, 1.82) is 0 Å². The Morgan fingerprint density at radius 3 is 2.37 bits per heavy atom. The summed E-state index contributed by atoms with van der Waals surface area (Å²) in [7, 11) is 0. The van der Waals surface area contributed by atoms with Crippen LogP contribution in [-0.2, 0) is 0 Å². The Balaban J connectivity index is 2.66. The molecule has 0 radical (unpaired) electrons. The lowest BCUT2D eigenvalue weighted by Gasteiger charge is -2.30. The molecule has 1 N–H and O–H groups in total. The Bertz CT molecular complexity index is 350. The summed E-state index contributed by atoms with van der Waals surface area (Å²) in [6.07, 6.45) is 0.845. The summed E-state index contributed by atoms with van der Waals surface area (Å²) in [5.41, 5.74) is 0.447. The highest BCUT2D eigenvalue weighted by atomic mass is 19.4. The Hall–Kier alpha value is -1.23. The molecule has 0 aromatic rings. The zero-order chi connectivity index (χ0) is 14.3. The van der Waals surface area contributed by atoms with Gasteiger partial charge in [0, 0.05) is 37.4 Å². The highest BCUT2D eigenvalue weighted by Gasteiger charge is 2.31. The molecular formula is C14H21F3N2. The number of piperazine rings is 1. The van der Waals surface area contributed by atoms with Crippen molar-refractivity contribution in [3.05, 3.63) is 36.1 Å². The minimum absolute atomic E-state index is 0.00833. The van der Waals surface area contributed by atoms with Crippen molar-refractivity contribution >= 4 is 0 Å². The predicted octanol–water partition coefficient (Wildman–Crippen LogP) is 3.25. The van der Waals surface area contributed by atoms with Gasteiger partial charge in [-0.05, 0) is 18.9 Å². The number of hydrogen-bond acceptors (Lipinski definition) is 2. The number of nitrogens with one attached hydrogen (secondary N) is 1. The normalized spacial score (nSPS) is 18.6. The summed E-state index contributed by atoms with van der Waals surface area (Å²) in [6, 6.07) is 0. The van der Waals surface area contributed by atoms with E-state index in [0.29, 0.717) is 0 Å². The lowest BCUT2D eigenvalue weighted by Crippen LogP contribution is -2.42. The van der Waals surface area contributed by atoms with Gasteiger partial charge in [0.2, 0.25) is 0 Å². The van der Waals surface area contributed by atoms with E-state index in [-0.39, 0.29) is 12.8 Å². The van der Waals surface area contributed by atoms with E-state index in [0.717, 1.165) is 31.9 Å². The third-order valence-electron chi connectivity index (χ3n) is 3.13. The minimum Gasteiger partial charge on any atom is -0.369 e. The Morgan fingerprint density at radius 1 is 1.26 bits per heavy atom. The summed E-state index contributed by atoms with van der Waals surface area (Å²) < 4.78 is 37.7. The van der Waals surface area contributed by atoms with Crippen LogP contribution in [0.3, 0.4) is 0 Å². The summed E-state index contributed by atoms with van der Waals surface area (Å²) >= 11 is 0. The van der Waals surface area contributed by atoms with E-state index in [1.165, 1.54) is 13.0 Å². The number of alkyl halides is 3. The fourth-order valence-corrected chi connectivity index (χ4v) is 2.05. The number of rotatable bonds is 5. The van der Waals surface area contributed by atoms with Gasteiger partial charge in [0.25, 0.3) is 0 Å². The van der Waals surface area contributed by atoms with Gasteiger partial charge in [0.1, 0.15) is 0 Å². The fourth-order valence-electron chi connectivity index (χ4n) is 2.05. The van der Waals surface area contributed by atoms with Crippen LogP contribution in [0, 0.1) is 0 Å². The third kappa shape index (κ3) is 5.11. The van der Waals surface area contributed by atoms with Crippen molar-refractivity contribution < 1.29 is 13.2 Å². The zero-order valence-corrected chi connectivity index (χ0v) is 11.3. The summed E-state index contributed by atoms with van der Waals surface area (Å²) in [4.78, 5) is 2.14. The predicted molar refractivity (Wildman–Crippen MR) is 71.8 cm³/mol. The molecule has 19 heavy (non-hydrogen) atoms. The smallest absolute Gasteiger partial charge is 0.369 e. The number of hydrogen-bond donors (Lipinski definition) is 1. The van der Waals surface area contributed by atoms with Crippen LogP contribution in [0.2, 0.25) is 0 Å². The first-order valence-corrected chi connectivity index (χ1v) is 6.53. The highest BCUT2D eigenvalue weighted by molar-refractivity contribution is 5.19. The SMILES string of the molecule is C=C/C(=C\C/C=C(\CC)C(F)(F)F)N1CCNCC1. The van der Waals surface area contributed by atoms with Gasteiger partial charge >= 0.3 is 6.18 Å². The van der Waals surface area contributed by atoms with Crippen molar-refractivity contribution in [2.24, 2.45) is 0 Å². The van der Waals surface area contributed by atoms with E-state index < -0.39 is 11.7 Å². The molecule has 0 atom stereocenters. The molecule has 0 unspecified atom stereocenters. The van der Waals surface area contributed by atoms with E-state index in [1.807, 2.05) is 0 Å². The molecule has 0 aliphatic carbocycles. The van der Waals surface area contributed by atoms with Gasteiger partial charge in [0.05, 0.1) is 0 Å². The second kappa shape index (κ2) is 7.38. The third-order valence-corrected chi connectivity index (χ3v) is 3.13. The summed E-state index contributed by atoms with van der Waals surface area (Å²) in [6.45, 7) is 8.76. The van der Waals surface area contributed by atoms with E-state index in [2.05, 4.69) is 16.8 Å². The first-order chi connectivity index (χ1) is 8.99. The topological polar surface area (TPSA) is 15.3 Å². The monoisotopic (exact) mass is 274 g/mol. The van der Waals surface area contributed by atoms with Crippen LogP contribution < -0.4 is 5.32 Å².